The third kappa shape index (κ3) is 10.3. The quantitative estimate of drug-likeness (QED) is 0.0807. The second kappa shape index (κ2) is 23.6. The normalized spacial score (nSPS) is 12.9. The fraction of sp³-hybridized carbons (Fsp3) is 0.122. The Morgan fingerprint density at radius 2 is 0.624 bits per heavy atom. The molecule has 0 spiro atoms. The summed E-state index contributed by atoms with van der Waals surface area (Å²) >= 11 is 0. The lowest BCUT2D eigenvalue weighted by Gasteiger charge is -2.46. The molecule has 2 aliphatic rings. The van der Waals surface area contributed by atoms with Gasteiger partial charge in [-0.2, -0.15) is 0 Å². The van der Waals surface area contributed by atoms with Crippen LogP contribution in [0.3, 0.4) is 0 Å². The van der Waals surface area contributed by atoms with Gasteiger partial charge in [0, 0.05) is 45.0 Å². The zero-order valence-corrected chi connectivity index (χ0v) is 59.0. The third-order valence-corrected chi connectivity index (χ3v) is 21.8. The molecule has 0 aliphatic carbocycles. The molecule has 0 saturated carbocycles. The predicted molar refractivity (Wildman–Crippen MR) is 436 cm³/mol. The van der Waals surface area contributed by atoms with Gasteiger partial charge < -0.3 is 9.80 Å². The summed E-state index contributed by atoms with van der Waals surface area (Å²) in [6.45, 7) is 20.9. The highest BCUT2D eigenvalue weighted by Crippen LogP contribution is 2.56. The van der Waals surface area contributed by atoms with Gasteiger partial charge in [-0.3, -0.25) is 0 Å². The van der Waals surface area contributed by atoms with Gasteiger partial charge in [0.15, 0.2) is 0 Å². The van der Waals surface area contributed by atoms with E-state index in [2.05, 4.69) is 388 Å². The third-order valence-electron chi connectivity index (χ3n) is 21.8. The van der Waals surface area contributed by atoms with Gasteiger partial charge in [-0.1, -0.05) is 329 Å². The number of hydrogen-bond acceptors (Lipinski definition) is 2. The Hall–Kier alpha value is -11.5. The van der Waals surface area contributed by atoms with Gasteiger partial charge in [-0.05, 0) is 197 Å². The Bertz CT molecular complexity index is 5790. The van der Waals surface area contributed by atoms with Crippen LogP contribution in [0.1, 0.15) is 79.0 Å². The predicted octanol–water partition coefficient (Wildman–Crippen LogP) is 25.4. The smallest absolute Gasteiger partial charge is 0.252 e. The summed E-state index contributed by atoms with van der Waals surface area (Å²) in [4.78, 5) is 5.45. The van der Waals surface area contributed by atoms with Crippen molar-refractivity contribution in [1.82, 2.24) is 0 Å². The zero-order valence-electron chi connectivity index (χ0n) is 59.0. The molecule has 16 aromatic rings. The van der Waals surface area contributed by atoms with Crippen LogP contribution in [-0.2, 0) is 16.2 Å². The molecular weight excluding hydrogens is 1220 g/mol. The summed E-state index contributed by atoms with van der Waals surface area (Å²) in [6.07, 6.45) is 0. The van der Waals surface area contributed by atoms with E-state index in [9.17, 15) is 0 Å². The van der Waals surface area contributed by atoms with Crippen LogP contribution in [0.25, 0.3) is 121 Å². The lowest BCUT2D eigenvalue weighted by atomic mass is 9.33. The molecule has 0 bridgehead atoms. The fourth-order valence-corrected chi connectivity index (χ4v) is 16.7. The van der Waals surface area contributed by atoms with E-state index in [1.807, 2.05) is 0 Å². The Morgan fingerprint density at radius 3 is 1.10 bits per heavy atom. The van der Waals surface area contributed by atoms with Gasteiger partial charge in [-0.15, -0.1) is 0 Å². The highest BCUT2D eigenvalue weighted by molar-refractivity contribution is 7.00. The molecule has 3 heteroatoms. The minimum atomic E-state index is -0.238. The van der Waals surface area contributed by atoms with Crippen LogP contribution in [0, 0.1) is 0 Å². The summed E-state index contributed by atoms with van der Waals surface area (Å²) in [6, 6.07) is 121. The molecule has 2 heterocycles. The van der Waals surface area contributed by atoms with Crippen LogP contribution in [0.4, 0.5) is 34.1 Å². The molecule has 16 aromatic carbocycles. The Morgan fingerprint density at radius 1 is 0.228 bits per heavy atom. The molecule has 0 unspecified atom stereocenters. The second-order valence-corrected chi connectivity index (χ2v) is 31.2. The summed E-state index contributed by atoms with van der Waals surface area (Å²) in [5.41, 5.74) is 30.4. The zero-order chi connectivity index (χ0) is 68.6. The molecule has 0 radical (unpaired) electrons. The standard InChI is InChI=1S/C98H79BN2/c1-96(2,3)73-49-44-63(45-50-73)72-56-88-93-89(57-72)101(95-82(66-34-21-13-22-35-66)60-75(98(7,8)9)61-83(95)67-36-23-14-24-37-67)87-55-71(76-51-46-69-40-26-42-78-77-41-25-38-68-39-27-43-79(90(68)77)92(76)91(69)78)47-52-84(87)99(93)85-54-70(62-28-15-10-16-29-62)48-53-86(85)100(88)94-80(64-30-17-11-18-31-64)58-74(97(4,5)6)59-81(94)65-32-19-12-20-33-65/h10-61H,1-9H3. The second-order valence-electron chi connectivity index (χ2n) is 31.2. The molecule has 0 atom stereocenters. The van der Waals surface area contributed by atoms with Crippen molar-refractivity contribution in [2.24, 2.45) is 0 Å². The van der Waals surface area contributed by atoms with E-state index >= 15 is 0 Å². The summed E-state index contributed by atoms with van der Waals surface area (Å²) in [7, 11) is 0. The van der Waals surface area contributed by atoms with Crippen molar-refractivity contribution in [1.29, 1.82) is 0 Å². The topological polar surface area (TPSA) is 6.48 Å². The minimum absolute atomic E-state index is 0.0479. The average molecular weight is 1300 g/mol. The molecule has 0 aromatic heterocycles. The Kier molecular flexibility index (Phi) is 14.4. The van der Waals surface area contributed by atoms with Crippen LogP contribution in [0.5, 0.6) is 0 Å². The van der Waals surface area contributed by atoms with Gasteiger partial charge >= 0.3 is 0 Å². The number of rotatable bonds is 9. The lowest BCUT2D eigenvalue weighted by Crippen LogP contribution is -2.61. The van der Waals surface area contributed by atoms with Gasteiger partial charge in [0.25, 0.3) is 6.71 Å². The van der Waals surface area contributed by atoms with Crippen molar-refractivity contribution >= 4 is 100 Å². The minimum Gasteiger partial charge on any atom is -0.310 e. The fourth-order valence-electron chi connectivity index (χ4n) is 16.7. The van der Waals surface area contributed by atoms with Crippen LogP contribution >= 0.6 is 0 Å². The van der Waals surface area contributed by atoms with Crippen LogP contribution < -0.4 is 26.2 Å². The van der Waals surface area contributed by atoms with E-state index in [4.69, 9.17) is 0 Å². The van der Waals surface area contributed by atoms with E-state index < -0.39 is 0 Å². The Labute approximate surface area is 594 Å². The van der Waals surface area contributed by atoms with Gasteiger partial charge in [0.05, 0.1) is 11.4 Å². The Balaban J connectivity index is 1.04. The highest BCUT2D eigenvalue weighted by Gasteiger charge is 2.46. The summed E-state index contributed by atoms with van der Waals surface area (Å²) in [5, 5.41) is 10.2. The van der Waals surface area contributed by atoms with Crippen molar-refractivity contribution in [2.45, 2.75) is 78.6 Å². The maximum atomic E-state index is 2.75. The van der Waals surface area contributed by atoms with Gasteiger partial charge in [0.1, 0.15) is 0 Å². The van der Waals surface area contributed by atoms with Crippen molar-refractivity contribution in [2.75, 3.05) is 9.80 Å². The van der Waals surface area contributed by atoms with Crippen LogP contribution in [0.15, 0.2) is 315 Å². The lowest BCUT2D eigenvalue weighted by molar-refractivity contribution is 0.590. The first kappa shape index (κ1) is 61.8. The first-order chi connectivity index (χ1) is 49.0. The summed E-state index contributed by atoms with van der Waals surface area (Å²) in [5.74, 6) is 0. The van der Waals surface area contributed by atoms with E-state index in [0.29, 0.717) is 0 Å². The maximum absolute atomic E-state index is 2.75. The monoisotopic (exact) mass is 1290 g/mol. The maximum Gasteiger partial charge on any atom is 0.252 e. The molecule has 101 heavy (non-hydrogen) atoms. The number of benzene rings is 16. The number of nitrogens with zero attached hydrogens (tertiary/aromatic N) is 2. The van der Waals surface area contributed by atoms with Crippen molar-refractivity contribution in [3.05, 3.63) is 332 Å². The SMILES string of the molecule is CC(C)(C)c1ccc(-c2cc3c4c(c2)N(c2c(-c5ccccc5)cc(C(C)(C)C)cc2-c2ccccc2)c2cc(-c5ccc6cccc7c8cccc9cccc(c5c67)c98)ccc2B4c2cc(-c4ccccc4)ccc2N3c2c(-c3ccccc3)cc(C(C)(C)C)cc2-c2ccccc2)cc1. The number of anilines is 6. The van der Waals surface area contributed by atoms with Crippen molar-refractivity contribution in [3.8, 4) is 77.9 Å². The van der Waals surface area contributed by atoms with Crippen LogP contribution in [0.2, 0.25) is 0 Å². The van der Waals surface area contributed by atoms with Crippen molar-refractivity contribution in [3.63, 3.8) is 0 Å². The largest absolute Gasteiger partial charge is 0.310 e. The van der Waals surface area contributed by atoms with E-state index in [0.717, 1.165) is 73.1 Å². The van der Waals surface area contributed by atoms with E-state index in [1.165, 1.54) is 115 Å². The molecule has 2 aliphatic heterocycles. The highest BCUT2D eigenvalue weighted by atomic mass is 15.2. The van der Waals surface area contributed by atoms with E-state index in [1.54, 1.807) is 0 Å². The molecule has 0 N–H and O–H groups in total. The first-order valence-corrected chi connectivity index (χ1v) is 35.9. The molecule has 484 valence electrons. The van der Waals surface area contributed by atoms with Crippen molar-refractivity contribution < 1.29 is 0 Å². The van der Waals surface area contributed by atoms with Gasteiger partial charge in [-0.25, -0.2) is 0 Å². The average Bonchev–Trinajstić information content (AvgIpc) is 0.677. The summed E-state index contributed by atoms with van der Waals surface area (Å²) < 4.78 is 0. The number of fused-ring (bicyclic) bond motifs is 6. The molecule has 18 rings (SSSR count). The van der Waals surface area contributed by atoms with Gasteiger partial charge in [0.2, 0.25) is 0 Å². The molecular formula is C98H79BN2. The van der Waals surface area contributed by atoms with Crippen LogP contribution in [-0.4, -0.2) is 6.71 Å². The molecule has 0 fully saturated rings. The molecule has 0 amide bonds. The first-order valence-electron chi connectivity index (χ1n) is 35.9. The molecule has 2 nitrogen and oxygen atoms in total. The molecule has 0 saturated heterocycles. The number of hydrogen-bond donors (Lipinski definition) is 0. The van der Waals surface area contributed by atoms with E-state index in [-0.39, 0.29) is 23.0 Å².